The number of aryl methyl sites for hydroxylation is 1. The average molecular weight is 469 g/mol. The Morgan fingerprint density at radius 1 is 1.21 bits per heavy atom. The smallest absolute Gasteiger partial charge is 0.241 e. The molecule has 174 valence electrons. The van der Waals surface area contributed by atoms with E-state index in [0.29, 0.717) is 29.8 Å². The summed E-state index contributed by atoms with van der Waals surface area (Å²) in [7, 11) is 1.67. The molecule has 0 aliphatic carbocycles. The summed E-state index contributed by atoms with van der Waals surface area (Å²) in [6.07, 6.45) is 3.48. The second kappa shape index (κ2) is 11.3. The summed E-state index contributed by atoms with van der Waals surface area (Å²) < 4.78 is 10.7. The van der Waals surface area contributed by atoms with Crippen LogP contribution in [0.4, 0.5) is 0 Å². The van der Waals surface area contributed by atoms with E-state index in [1.807, 2.05) is 42.5 Å². The number of hydrogen-bond donors (Lipinski definition) is 1. The summed E-state index contributed by atoms with van der Waals surface area (Å²) in [6, 6.07) is 15.5. The van der Waals surface area contributed by atoms with Crippen molar-refractivity contribution in [1.29, 1.82) is 0 Å². The molecule has 33 heavy (non-hydrogen) atoms. The van der Waals surface area contributed by atoms with Crippen molar-refractivity contribution in [2.45, 2.75) is 32.2 Å². The zero-order valence-corrected chi connectivity index (χ0v) is 19.6. The lowest BCUT2D eigenvalue weighted by molar-refractivity contribution is -0.126. The van der Waals surface area contributed by atoms with E-state index in [1.165, 1.54) is 5.56 Å². The van der Waals surface area contributed by atoms with Gasteiger partial charge in [-0.1, -0.05) is 41.0 Å². The molecule has 1 aliphatic rings. The van der Waals surface area contributed by atoms with Crippen LogP contribution in [-0.4, -0.2) is 47.7 Å². The van der Waals surface area contributed by atoms with E-state index in [9.17, 15) is 4.79 Å². The van der Waals surface area contributed by atoms with Gasteiger partial charge >= 0.3 is 0 Å². The van der Waals surface area contributed by atoms with Gasteiger partial charge < -0.3 is 14.6 Å². The Morgan fingerprint density at radius 2 is 2.03 bits per heavy atom. The molecule has 0 atom stereocenters. The van der Waals surface area contributed by atoms with Gasteiger partial charge in [-0.2, -0.15) is 4.98 Å². The van der Waals surface area contributed by atoms with Gasteiger partial charge in [-0.15, -0.1) is 0 Å². The lowest BCUT2D eigenvalue weighted by atomic mass is 9.96. The number of likely N-dealkylation sites (tertiary alicyclic amines) is 1. The van der Waals surface area contributed by atoms with Crippen molar-refractivity contribution in [2.75, 3.05) is 26.7 Å². The standard InChI is InChI=1S/C25H29ClN4O3/c1-32-22-9-2-5-18(15-22)6-4-12-27-25(31)19-10-13-30(14-11-19)17-23-28-24(29-33-23)20-7-3-8-21(26)16-20/h2-3,5,7-9,15-16,19H,4,6,10-14,17H2,1H3,(H,27,31). The number of benzene rings is 2. The lowest BCUT2D eigenvalue weighted by Gasteiger charge is -2.30. The number of ether oxygens (including phenoxy) is 1. The van der Waals surface area contributed by atoms with E-state index in [-0.39, 0.29) is 11.8 Å². The van der Waals surface area contributed by atoms with Crippen LogP contribution in [0.3, 0.4) is 0 Å². The number of carbonyl (C=O) groups is 1. The molecule has 4 rings (SSSR count). The third kappa shape index (κ3) is 6.55. The fourth-order valence-corrected chi connectivity index (χ4v) is 4.28. The first-order valence-electron chi connectivity index (χ1n) is 11.3. The third-order valence-electron chi connectivity index (χ3n) is 5.94. The summed E-state index contributed by atoms with van der Waals surface area (Å²) in [4.78, 5) is 19.3. The van der Waals surface area contributed by atoms with E-state index in [2.05, 4.69) is 26.4 Å². The van der Waals surface area contributed by atoms with Crippen LogP contribution in [0.1, 0.15) is 30.7 Å². The molecule has 8 heteroatoms. The Bertz CT molecular complexity index is 1060. The molecule has 0 spiro atoms. The van der Waals surface area contributed by atoms with E-state index in [4.69, 9.17) is 20.9 Å². The van der Waals surface area contributed by atoms with Crippen molar-refractivity contribution >= 4 is 17.5 Å². The zero-order chi connectivity index (χ0) is 23.0. The molecular formula is C25H29ClN4O3. The highest BCUT2D eigenvalue weighted by molar-refractivity contribution is 6.30. The van der Waals surface area contributed by atoms with E-state index in [1.54, 1.807) is 7.11 Å². The molecule has 3 aromatic rings. The van der Waals surface area contributed by atoms with Gasteiger partial charge in [0.15, 0.2) is 0 Å². The van der Waals surface area contributed by atoms with Crippen molar-refractivity contribution in [2.24, 2.45) is 5.92 Å². The lowest BCUT2D eigenvalue weighted by Crippen LogP contribution is -2.40. The molecule has 2 aromatic carbocycles. The number of hydrogen-bond acceptors (Lipinski definition) is 6. The molecule has 0 radical (unpaired) electrons. The minimum absolute atomic E-state index is 0.0581. The largest absolute Gasteiger partial charge is 0.497 e. The van der Waals surface area contributed by atoms with Crippen molar-refractivity contribution in [3.8, 4) is 17.1 Å². The molecule has 7 nitrogen and oxygen atoms in total. The van der Waals surface area contributed by atoms with Crippen LogP contribution in [0.25, 0.3) is 11.4 Å². The summed E-state index contributed by atoms with van der Waals surface area (Å²) in [5, 5.41) is 7.81. The number of carbonyl (C=O) groups excluding carboxylic acids is 1. The maximum absolute atomic E-state index is 12.6. The van der Waals surface area contributed by atoms with Crippen LogP contribution in [0.2, 0.25) is 5.02 Å². The van der Waals surface area contributed by atoms with Crippen LogP contribution >= 0.6 is 11.6 Å². The van der Waals surface area contributed by atoms with Gasteiger partial charge in [0.1, 0.15) is 5.75 Å². The molecule has 0 unspecified atom stereocenters. The molecule has 2 heterocycles. The quantitative estimate of drug-likeness (QED) is 0.470. The topological polar surface area (TPSA) is 80.5 Å². The minimum Gasteiger partial charge on any atom is -0.497 e. The Morgan fingerprint density at radius 3 is 2.82 bits per heavy atom. The van der Waals surface area contributed by atoms with E-state index in [0.717, 1.165) is 50.1 Å². The van der Waals surface area contributed by atoms with Crippen LogP contribution in [0, 0.1) is 5.92 Å². The van der Waals surface area contributed by atoms with Crippen LogP contribution < -0.4 is 10.1 Å². The molecular weight excluding hydrogens is 440 g/mol. The predicted octanol–water partition coefficient (Wildman–Crippen LogP) is 4.36. The molecule has 0 saturated carbocycles. The second-order valence-electron chi connectivity index (χ2n) is 8.32. The van der Waals surface area contributed by atoms with Crippen LogP contribution in [0.15, 0.2) is 53.1 Å². The molecule has 1 aliphatic heterocycles. The maximum Gasteiger partial charge on any atom is 0.241 e. The van der Waals surface area contributed by atoms with Crippen molar-refractivity contribution in [3.63, 3.8) is 0 Å². The number of halogens is 1. The van der Waals surface area contributed by atoms with Crippen LogP contribution in [-0.2, 0) is 17.8 Å². The summed E-state index contributed by atoms with van der Waals surface area (Å²) in [5.74, 6) is 2.19. The van der Waals surface area contributed by atoms with Gasteiger partial charge in [0.25, 0.3) is 0 Å². The molecule has 1 fully saturated rings. The Balaban J connectivity index is 1.17. The van der Waals surface area contributed by atoms with Crippen molar-refractivity contribution in [3.05, 3.63) is 65.0 Å². The van der Waals surface area contributed by atoms with Gasteiger partial charge in [0, 0.05) is 23.0 Å². The van der Waals surface area contributed by atoms with Gasteiger partial charge in [0.05, 0.1) is 13.7 Å². The van der Waals surface area contributed by atoms with E-state index < -0.39 is 0 Å². The highest BCUT2D eigenvalue weighted by Crippen LogP contribution is 2.22. The molecule has 1 amide bonds. The van der Waals surface area contributed by atoms with Gasteiger partial charge in [-0.3, -0.25) is 9.69 Å². The molecule has 0 bridgehead atoms. The number of rotatable bonds is 9. The normalized spacial score (nSPS) is 14.8. The number of amides is 1. The zero-order valence-electron chi connectivity index (χ0n) is 18.8. The summed E-state index contributed by atoms with van der Waals surface area (Å²) >= 11 is 6.04. The fraction of sp³-hybridized carbons (Fsp3) is 0.400. The van der Waals surface area contributed by atoms with Gasteiger partial charge in [0.2, 0.25) is 17.6 Å². The Kier molecular flexibility index (Phi) is 7.96. The second-order valence-corrected chi connectivity index (χ2v) is 8.76. The van der Waals surface area contributed by atoms with Crippen molar-refractivity contribution < 1.29 is 14.1 Å². The highest BCUT2D eigenvalue weighted by atomic mass is 35.5. The first-order valence-corrected chi connectivity index (χ1v) is 11.7. The van der Waals surface area contributed by atoms with Crippen molar-refractivity contribution in [1.82, 2.24) is 20.4 Å². The number of nitrogens with zero attached hydrogens (tertiary/aromatic N) is 3. The Hall–Kier alpha value is -2.90. The average Bonchev–Trinajstić information content (AvgIpc) is 3.31. The first kappa shape index (κ1) is 23.3. The Labute approximate surface area is 199 Å². The van der Waals surface area contributed by atoms with Gasteiger partial charge in [-0.25, -0.2) is 0 Å². The van der Waals surface area contributed by atoms with E-state index >= 15 is 0 Å². The highest BCUT2D eigenvalue weighted by Gasteiger charge is 2.25. The molecule has 1 saturated heterocycles. The predicted molar refractivity (Wildman–Crippen MR) is 127 cm³/mol. The molecule has 1 N–H and O–H groups in total. The first-order chi connectivity index (χ1) is 16.1. The SMILES string of the molecule is COc1cccc(CCCNC(=O)C2CCN(Cc3nc(-c4cccc(Cl)c4)no3)CC2)c1. The van der Waals surface area contributed by atoms with Gasteiger partial charge in [-0.05, 0) is 68.6 Å². The number of aromatic nitrogens is 2. The fourth-order valence-electron chi connectivity index (χ4n) is 4.08. The van der Waals surface area contributed by atoms with Crippen LogP contribution in [0.5, 0.6) is 5.75 Å². The number of piperidine rings is 1. The third-order valence-corrected chi connectivity index (χ3v) is 6.18. The number of nitrogens with one attached hydrogen (secondary N) is 1. The monoisotopic (exact) mass is 468 g/mol. The summed E-state index contributed by atoms with van der Waals surface area (Å²) in [5.41, 5.74) is 2.05. The molecule has 1 aromatic heterocycles. The minimum atomic E-state index is 0.0581. The number of methoxy groups -OCH3 is 1. The maximum atomic E-state index is 12.6. The summed E-state index contributed by atoms with van der Waals surface area (Å²) in [6.45, 7) is 2.93.